The van der Waals surface area contributed by atoms with E-state index in [0.717, 1.165) is 0 Å². The molecule has 2 rings (SSSR count). The van der Waals surface area contributed by atoms with Gasteiger partial charge in [0, 0.05) is 17.7 Å². The second-order valence-corrected chi connectivity index (χ2v) is 4.24. The minimum absolute atomic E-state index is 0.0446. The largest absolute Gasteiger partial charge is 0.494 e. The lowest BCUT2D eigenvalue weighted by Crippen LogP contribution is -1.95. The van der Waals surface area contributed by atoms with Gasteiger partial charge in [0.25, 0.3) is 11.6 Å². The van der Waals surface area contributed by atoms with Crippen LogP contribution in [-0.4, -0.2) is 17.4 Å². The molecular weight excluding hydrogens is 286 g/mol. The molecular formula is C15H13N3O4. The lowest BCUT2D eigenvalue weighted by Gasteiger charge is -2.02. The molecule has 0 N–H and O–H groups in total. The summed E-state index contributed by atoms with van der Waals surface area (Å²) in [5.74, 6) is 0.174. The lowest BCUT2D eigenvalue weighted by molar-refractivity contribution is -0.384. The summed E-state index contributed by atoms with van der Waals surface area (Å²) in [6.07, 6.45) is 0. The molecule has 0 radical (unpaired) electrons. The average Bonchev–Trinajstić information content (AvgIpc) is 2.54. The number of carbonyl (C=O) groups is 1. The number of nitro groups is 1. The Morgan fingerprint density at radius 3 is 2.32 bits per heavy atom. The van der Waals surface area contributed by atoms with E-state index in [1.54, 1.807) is 24.3 Å². The lowest BCUT2D eigenvalue weighted by atomic mass is 10.2. The third-order valence-corrected chi connectivity index (χ3v) is 2.73. The summed E-state index contributed by atoms with van der Waals surface area (Å²) in [6.45, 7) is 2.42. The molecule has 0 aliphatic carbocycles. The summed E-state index contributed by atoms with van der Waals surface area (Å²) >= 11 is 0. The second-order valence-electron chi connectivity index (χ2n) is 4.24. The predicted molar refractivity (Wildman–Crippen MR) is 79.6 cm³/mol. The van der Waals surface area contributed by atoms with E-state index in [9.17, 15) is 14.9 Å². The molecule has 1 amide bonds. The van der Waals surface area contributed by atoms with E-state index in [-0.39, 0.29) is 5.69 Å². The van der Waals surface area contributed by atoms with Crippen LogP contribution in [0.25, 0.3) is 0 Å². The van der Waals surface area contributed by atoms with Crippen LogP contribution in [-0.2, 0) is 0 Å². The highest BCUT2D eigenvalue weighted by atomic mass is 16.6. The topological polar surface area (TPSA) is 94.2 Å². The summed E-state index contributed by atoms with van der Waals surface area (Å²) in [5, 5.41) is 17.9. The Morgan fingerprint density at radius 2 is 1.77 bits per heavy atom. The number of benzene rings is 2. The van der Waals surface area contributed by atoms with Gasteiger partial charge in [-0.05, 0) is 43.3 Å². The first-order valence-corrected chi connectivity index (χ1v) is 6.53. The van der Waals surface area contributed by atoms with Gasteiger partial charge in [0.2, 0.25) is 0 Å². The normalized spacial score (nSPS) is 10.6. The second kappa shape index (κ2) is 7.07. The van der Waals surface area contributed by atoms with Crippen LogP contribution >= 0.6 is 0 Å². The summed E-state index contributed by atoms with van der Waals surface area (Å²) in [7, 11) is 0. The Balaban J connectivity index is 2.05. The standard InChI is InChI=1S/C15H13N3O4/c1-2-22-14-9-3-11(4-10-14)15(19)17-16-12-5-7-13(8-6-12)18(20)21/h3-10H,2H2,1H3. The average molecular weight is 299 g/mol. The van der Waals surface area contributed by atoms with Crippen molar-refractivity contribution in [1.29, 1.82) is 0 Å². The highest BCUT2D eigenvalue weighted by Crippen LogP contribution is 2.19. The number of nitro benzene ring substituents is 1. The van der Waals surface area contributed by atoms with E-state index in [0.29, 0.717) is 23.6 Å². The highest BCUT2D eigenvalue weighted by molar-refractivity contribution is 5.94. The number of ether oxygens (including phenoxy) is 1. The maximum atomic E-state index is 11.9. The molecule has 0 saturated carbocycles. The van der Waals surface area contributed by atoms with Crippen LogP contribution < -0.4 is 4.74 Å². The minimum atomic E-state index is -0.508. The SMILES string of the molecule is CCOc1ccc(C(=O)N=Nc2ccc([N+](=O)[O-])cc2)cc1. The molecule has 0 fully saturated rings. The number of rotatable bonds is 5. The van der Waals surface area contributed by atoms with E-state index < -0.39 is 10.8 Å². The van der Waals surface area contributed by atoms with Crippen LogP contribution in [0.2, 0.25) is 0 Å². The first kappa shape index (κ1) is 15.3. The summed E-state index contributed by atoms with van der Waals surface area (Å²) in [5.41, 5.74) is 0.704. The van der Waals surface area contributed by atoms with Crippen molar-refractivity contribution >= 4 is 17.3 Å². The van der Waals surface area contributed by atoms with Crippen molar-refractivity contribution in [3.05, 3.63) is 64.2 Å². The molecule has 2 aromatic carbocycles. The van der Waals surface area contributed by atoms with Gasteiger partial charge in [0.15, 0.2) is 0 Å². The number of non-ortho nitro benzene ring substituents is 1. The van der Waals surface area contributed by atoms with Gasteiger partial charge in [0.05, 0.1) is 17.2 Å². The van der Waals surface area contributed by atoms with Crippen molar-refractivity contribution in [3.63, 3.8) is 0 Å². The Labute approximate surface area is 126 Å². The van der Waals surface area contributed by atoms with Gasteiger partial charge in [-0.15, -0.1) is 10.2 Å². The van der Waals surface area contributed by atoms with Gasteiger partial charge < -0.3 is 4.74 Å². The maximum Gasteiger partial charge on any atom is 0.295 e. The monoisotopic (exact) mass is 299 g/mol. The number of amides is 1. The van der Waals surface area contributed by atoms with E-state index in [1.165, 1.54) is 24.3 Å². The van der Waals surface area contributed by atoms with Gasteiger partial charge in [-0.1, -0.05) is 0 Å². The minimum Gasteiger partial charge on any atom is -0.494 e. The summed E-state index contributed by atoms with van der Waals surface area (Å²) < 4.78 is 5.28. The van der Waals surface area contributed by atoms with Crippen LogP contribution in [0.4, 0.5) is 11.4 Å². The Kier molecular flexibility index (Phi) is 4.92. The van der Waals surface area contributed by atoms with Crippen molar-refractivity contribution in [2.24, 2.45) is 10.2 Å². The number of nitrogens with zero attached hydrogens (tertiary/aromatic N) is 3. The molecule has 0 spiro atoms. The van der Waals surface area contributed by atoms with Crippen LogP contribution in [0.15, 0.2) is 58.8 Å². The van der Waals surface area contributed by atoms with Gasteiger partial charge in [-0.3, -0.25) is 14.9 Å². The first-order valence-electron chi connectivity index (χ1n) is 6.53. The Bertz CT molecular complexity index is 694. The van der Waals surface area contributed by atoms with E-state index >= 15 is 0 Å². The smallest absolute Gasteiger partial charge is 0.295 e. The van der Waals surface area contributed by atoms with E-state index in [1.807, 2.05) is 6.92 Å². The summed E-state index contributed by atoms with van der Waals surface area (Å²) in [4.78, 5) is 21.9. The zero-order valence-corrected chi connectivity index (χ0v) is 11.8. The molecule has 0 aromatic heterocycles. The van der Waals surface area contributed by atoms with Gasteiger partial charge in [-0.25, -0.2) is 0 Å². The van der Waals surface area contributed by atoms with Crippen molar-refractivity contribution in [1.82, 2.24) is 0 Å². The molecule has 0 heterocycles. The fourth-order valence-electron chi connectivity index (χ4n) is 1.66. The Hall–Kier alpha value is -3.09. The maximum absolute atomic E-state index is 11.9. The Morgan fingerprint density at radius 1 is 1.14 bits per heavy atom. The van der Waals surface area contributed by atoms with Gasteiger partial charge >= 0.3 is 0 Å². The first-order chi connectivity index (χ1) is 10.6. The van der Waals surface area contributed by atoms with Crippen LogP contribution in [0.3, 0.4) is 0 Å². The third-order valence-electron chi connectivity index (χ3n) is 2.73. The number of carbonyl (C=O) groups excluding carboxylic acids is 1. The number of hydrogen-bond acceptors (Lipinski definition) is 5. The van der Waals surface area contributed by atoms with Crippen LogP contribution in [0, 0.1) is 10.1 Å². The zero-order chi connectivity index (χ0) is 15.9. The highest BCUT2D eigenvalue weighted by Gasteiger charge is 2.06. The molecule has 0 aliphatic heterocycles. The van der Waals surface area contributed by atoms with Crippen molar-refractivity contribution in [2.45, 2.75) is 6.92 Å². The molecule has 0 atom stereocenters. The molecule has 7 heteroatoms. The van der Waals surface area contributed by atoms with Crippen LogP contribution in [0.5, 0.6) is 5.75 Å². The fraction of sp³-hybridized carbons (Fsp3) is 0.133. The molecule has 7 nitrogen and oxygen atoms in total. The molecule has 22 heavy (non-hydrogen) atoms. The summed E-state index contributed by atoms with van der Waals surface area (Å²) in [6, 6.07) is 12.0. The zero-order valence-electron chi connectivity index (χ0n) is 11.8. The molecule has 0 aliphatic rings. The third kappa shape index (κ3) is 3.95. The van der Waals surface area contributed by atoms with Crippen molar-refractivity contribution in [3.8, 4) is 5.75 Å². The molecule has 0 saturated heterocycles. The molecule has 0 unspecified atom stereocenters. The van der Waals surface area contributed by atoms with E-state index in [4.69, 9.17) is 4.74 Å². The molecule has 112 valence electrons. The van der Waals surface area contributed by atoms with Crippen molar-refractivity contribution < 1.29 is 14.5 Å². The predicted octanol–water partition coefficient (Wildman–Crippen LogP) is 3.92. The van der Waals surface area contributed by atoms with Gasteiger partial charge in [0.1, 0.15) is 5.75 Å². The number of hydrogen-bond donors (Lipinski definition) is 0. The van der Waals surface area contributed by atoms with Crippen LogP contribution in [0.1, 0.15) is 17.3 Å². The van der Waals surface area contributed by atoms with Crippen molar-refractivity contribution in [2.75, 3.05) is 6.61 Å². The van der Waals surface area contributed by atoms with Gasteiger partial charge in [-0.2, -0.15) is 0 Å². The fourth-order valence-corrected chi connectivity index (χ4v) is 1.66. The van der Waals surface area contributed by atoms with E-state index in [2.05, 4.69) is 10.2 Å². The quantitative estimate of drug-likeness (QED) is 0.475. The molecule has 2 aromatic rings. The molecule has 0 bridgehead atoms. The number of azo groups is 1.